The summed E-state index contributed by atoms with van der Waals surface area (Å²) in [5.41, 5.74) is 0. The van der Waals surface area contributed by atoms with Crippen molar-refractivity contribution in [2.24, 2.45) is 5.92 Å². The molecule has 2 aliphatic heterocycles. The highest BCUT2D eigenvalue weighted by molar-refractivity contribution is 5.74. The van der Waals surface area contributed by atoms with Crippen LogP contribution in [-0.4, -0.2) is 36.5 Å². The van der Waals surface area contributed by atoms with E-state index in [0.29, 0.717) is 6.04 Å². The fourth-order valence-corrected chi connectivity index (χ4v) is 2.09. The molecule has 0 aliphatic carbocycles. The zero-order valence-electron chi connectivity index (χ0n) is 6.84. The molecule has 2 atom stereocenters. The lowest BCUT2D eigenvalue weighted by Gasteiger charge is -2.50. The Kier molecular flexibility index (Phi) is 1.60. The molecule has 2 aliphatic rings. The number of fused-ring (bicyclic) bond motifs is 1. The van der Waals surface area contributed by atoms with E-state index in [1.165, 1.54) is 6.42 Å². The van der Waals surface area contributed by atoms with Crippen molar-refractivity contribution in [1.82, 2.24) is 10.2 Å². The highest BCUT2D eigenvalue weighted by atomic mass is 16.2. The molecule has 2 fully saturated rings. The minimum absolute atomic E-state index is 0.231. The van der Waals surface area contributed by atoms with E-state index < -0.39 is 0 Å². The summed E-state index contributed by atoms with van der Waals surface area (Å²) in [6, 6.07) is 0.515. The van der Waals surface area contributed by atoms with Gasteiger partial charge in [-0.25, -0.2) is 0 Å². The van der Waals surface area contributed by atoms with Crippen LogP contribution in [0.25, 0.3) is 0 Å². The third-order valence-electron chi connectivity index (χ3n) is 2.83. The molecule has 0 radical (unpaired) electrons. The average Bonchev–Trinajstić information content (AvgIpc) is 1.90. The molecule has 0 bridgehead atoms. The molecule has 3 nitrogen and oxygen atoms in total. The van der Waals surface area contributed by atoms with Crippen LogP contribution in [0.5, 0.6) is 0 Å². The molecule has 0 aromatic rings. The summed E-state index contributed by atoms with van der Waals surface area (Å²) < 4.78 is 0. The zero-order valence-corrected chi connectivity index (χ0v) is 6.84. The molecule has 0 aromatic heterocycles. The monoisotopic (exact) mass is 154 g/mol. The third kappa shape index (κ3) is 1.03. The topological polar surface area (TPSA) is 32.3 Å². The second-order valence-electron chi connectivity index (χ2n) is 3.49. The first-order chi connectivity index (χ1) is 5.29. The van der Waals surface area contributed by atoms with Crippen LogP contribution in [0, 0.1) is 5.92 Å². The molecule has 3 heteroatoms. The molecule has 0 spiro atoms. The van der Waals surface area contributed by atoms with E-state index in [1.807, 2.05) is 4.90 Å². The second kappa shape index (κ2) is 2.48. The summed E-state index contributed by atoms with van der Waals surface area (Å²) in [7, 11) is 0. The van der Waals surface area contributed by atoms with Crippen LogP contribution in [-0.2, 0) is 4.79 Å². The standard InChI is InChI=1S/C8H14N2O/c1-6(11)10-5-7-2-3-9-4-8(7)10/h7-9H,2-5H2,1H3/t7-,8-/m1/s1. The van der Waals surface area contributed by atoms with Gasteiger partial charge in [0.05, 0.1) is 0 Å². The van der Waals surface area contributed by atoms with Gasteiger partial charge in [0.15, 0.2) is 0 Å². The van der Waals surface area contributed by atoms with Crippen molar-refractivity contribution in [1.29, 1.82) is 0 Å². The molecule has 2 heterocycles. The summed E-state index contributed by atoms with van der Waals surface area (Å²) in [6.45, 7) is 4.80. The van der Waals surface area contributed by atoms with Crippen LogP contribution in [0.15, 0.2) is 0 Å². The lowest BCUT2D eigenvalue weighted by atomic mass is 9.83. The van der Waals surface area contributed by atoms with E-state index >= 15 is 0 Å². The molecule has 1 amide bonds. The molecular weight excluding hydrogens is 140 g/mol. The summed E-state index contributed by atoms with van der Waals surface area (Å²) in [5, 5.41) is 3.31. The van der Waals surface area contributed by atoms with Crippen LogP contribution in [0.2, 0.25) is 0 Å². The van der Waals surface area contributed by atoms with Gasteiger partial charge in [0, 0.05) is 26.1 Å². The Bertz CT molecular complexity index is 181. The number of nitrogens with one attached hydrogen (secondary N) is 1. The molecule has 1 N–H and O–H groups in total. The van der Waals surface area contributed by atoms with Crippen LogP contribution in [0.1, 0.15) is 13.3 Å². The smallest absolute Gasteiger partial charge is 0.219 e. The van der Waals surface area contributed by atoms with Gasteiger partial charge in [0.25, 0.3) is 0 Å². The van der Waals surface area contributed by atoms with E-state index in [0.717, 1.165) is 25.6 Å². The lowest BCUT2D eigenvalue weighted by molar-refractivity contribution is -0.142. The first kappa shape index (κ1) is 7.10. The molecule has 0 unspecified atom stereocenters. The minimum atomic E-state index is 0.231. The predicted octanol–water partition coefficient (Wildman–Crippen LogP) is -0.173. The van der Waals surface area contributed by atoms with Gasteiger partial charge in [-0.15, -0.1) is 0 Å². The number of nitrogens with zero attached hydrogens (tertiary/aromatic N) is 1. The maximum atomic E-state index is 11.0. The Balaban J connectivity index is 1.96. The van der Waals surface area contributed by atoms with Gasteiger partial charge in [-0.3, -0.25) is 4.79 Å². The summed E-state index contributed by atoms with van der Waals surface area (Å²) in [5.74, 6) is 1.02. The Labute approximate surface area is 66.8 Å². The Morgan fingerprint density at radius 1 is 1.64 bits per heavy atom. The zero-order chi connectivity index (χ0) is 7.84. The molecule has 0 aromatic carbocycles. The van der Waals surface area contributed by atoms with E-state index in [1.54, 1.807) is 6.92 Å². The van der Waals surface area contributed by atoms with Crippen LogP contribution in [0.3, 0.4) is 0 Å². The number of amides is 1. The Hall–Kier alpha value is -0.570. The molecular formula is C8H14N2O. The highest BCUT2D eigenvalue weighted by Gasteiger charge is 2.41. The fraction of sp³-hybridized carbons (Fsp3) is 0.875. The van der Waals surface area contributed by atoms with E-state index in [9.17, 15) is 4.79 Å². The molecule has 0 saturated carbocycles. The van der Waals surface area contributed by atoms with Crippen molar-refractivity contribution in [3.05, 3.63) is 0 Å². The van der Waals surface area contributed by atoms with Crippen LogP contribution in [0.4, 0.5) is 0 Å². The van der Waals surface area contributed by atoms with Crippen molar-refractivity contribution in [3.63, 3.8) is 0 Å². The summed E-state index contributed by atoms with van der Waals surface area (Å²) in [6.07, 6.45) is 1.24. The van der Waals surface area contributed by atoms with Gasteiger partial charge >= 0.3 is 0 Å². The number of hydrogen-bond donors (Lipinski definition) is 1. The van der Waals surface area contributed by atoms with Crippen molar-refractivity contribution in [2.45, 2.75) is 19.4 Å². The van der Waals surface area contributed by atoms with E-state index in [-0.39, 0.29) is 5.91 Å². The molecule has 11 heavy (non-hydrogen) atoms. The van der Waals surface area contributed by atoms with Crippen molar-refractivity contribution >= 4 is 5.91 Å². The number of likely N-dealkylation sites (tertiary alicyclic amines) is 1. The van der Waals surface area contributed by atoms with E-state index in [2.05, 4.69) is 5.32 Å². The summed E-state index contributed by atoms with van der Waals surface area (Å²) >= 11 is 0. The number of carbonyl (C=O) groups is 1. The maximum absolute atomic E-state index is 11.0. The Morgan fingerprint density at radius 2 is 2.45 bits per heavy atom. The number of rotatable bonds is 0. The largest absolute Gasteiger partial charge is 0.338 e. The lowest BCUT2D eigenvalue weighted by Crippen LogP contribution is -2.64. The first-order valence-corrected chi connectivity index (χ1v) is 4.27. The normalized spacial score (nSPS) is 35.9. The van der Waals surface area contributed by atoms with Gasteiger partial charge in [-0.05, 0) is 18.9 Å². The fourth-order valence-electron chi connectivity index (χ4n) is 2.09. The average molecular weight is 154 g/mol. The molecule has 62 valence electrons. The number of hydrogen-bond acceptors (Lipinski definition) is 2. The van der Waals surface area contributed by atoms with Crippen molar-refractivity contribution < 1.29 is 4.79 Å². The molecule has 2 rings (SSSR count). The second-order valence-corrected chi connectivity index (χ2v) is 3.49. The maximum Gasteiger partial charge on any atom is 0.219 e. The number of carbonyl (C=O) groups excluding carboxylic acids is 1. The van der Waals surface area contributed by atoms with Crippen LogP contribution < -0.4 is 5.32 Å². The van der Waals surface area contributed by atoms with Gasteiger partial charge < -0.3 is 10.2 Å². The predicted molar refractivity (Wildman–Crippen MR) is 42.2 cm³/mol. The van der Waals surface area contributed by atoms with Crippen molar-refractivity contribution in [3.8, 4) is 0 Å². The van der Waals surface area contributed by atoms with Gasteiger partial charge in [-0.1, -0.05) is 0 Å². The Morgan fingerprint density at radius 3 is 3.09 bits per heavy atom. The van der Waals surface area contributed by atoms with Gasteiger partial charge in [0.1, 0.15) is 0 Å². The SMILES string of the molecule is CC(=O)N1C[C@H]2CCNC[C@H]21. The third-order valence-corrected chi connectivity index (χ3v) is 2.83. The molecule has 2 saturated heterocycles. The quantitative estimate of drug-likeness (QED) is 0.525. The minimum Gasteiger partial charge on any atom is -0.338 e. The summed E-state index contributed by atoms with van der Waals surface area (Å²) in [4.78, 5) is 12.9. The van der Waals surface area contributed by atoms with E-state index in [4.69, 9.17) is 0 Å². The van der Waals surface area contributed by atoms with Crippen LogP contribution >= 0.6 is 0 Å². The van der Waals surface area contributed by atoms with Crippen molar-refractivity contribution in [2.75, 3.05) is 19.6 Å². The number of piperidine rings is 1. The van der Waals surface area contributed by atoms with Gasteiger partial charge in [-0.2, -0.15) is 0 Å². The van der Waals surface area contributed by atoms with Gasteiger partial charge in [0.2, 0.25) is 5.91 Å². The first-order valence-electron chi connectivity index (χ1n) is 4.27. The highest BCUT2D eigenvalue weighted by Crippen LogP contribution is 2.29.